The maximum Gasteiger partial charge on any atom is 0 e. The maximum atomic E-state index is 4.42. The molecule has 0 spiro atoms. The van der Waals surface area contributed by atoms with Gasteiger partial charge in [-0.2, -0.15) is 6.92 Å². The number of hydrogen-bond acceptors (Lipinski definition) is 1. The quantitative estimate of drug-likeness (QED) is 0.599. The van der Waals surface area contributed by atoms with Gasteiger partial charge in [0.2, 0.25) is 0 Å². The number of ether oxygens (including phenoxy) is 1. The molecular weight excluding hydrogens is 189 g/mol. The van der Waals surface area contributed by atoms with Gasteiger partial charge in [-0.25, -0.2) is 6.61 Å². The van der Waals surface area contributed by atoms with E-state index in [1.54, 1.807) is 13.7 Å². The Morgan fingerprint density at radius 2 is 1.33 bits per heavy atom. The molecule has 0 saturated heterocycles. The molecule has 0 saturated carbocycles. The molecule has 0 unspecified atom stereocenters. The second-order valence-electron chi connectivity index (χ2n) is 2.20. The van der Waals surface area contributed by atoms with Gasteiger partial charge < -0.3 is 4.74 Å². The summed E-state index contributed by atoms with van der Waals surface area (Å²) >= 11 is 0. The zero-order valence-corrected chi connectivity index (χ0v) is 9.98. The van der Waals surface area contributed by atoms with E-state index in [1.165, 1.54) is 0 Å². The van der Waals surface area contributed by atoms with Crippen LogP contribution in [-0.2, 0) is 37.4 Å². The molecule has 9 heavy (non-hydrogen) atoms. The van der Waals surface area contributed by atoms with Gasteiger partial charge >= 0.3 is 0 Å². The van der Waals surface area contributed by atoms with E-state index in [-0.39, 0.29) is 32.7 Å². The average Bonchev–Trinajstić information content (AvgIpc) is 1.65. The molecular formula is C7H17OY-. The normalized spacial score (nSPS) is 7.33. The van der Waals surface area contributed by atoms with Gasteiger partial charge in [0.25, 0.3) is 0 Å². The Kier molecular flexibility index (Phi) is 29.5. The van der Waals surface area contributed by atoms with Gasteiger partial charge in [-0.05, 0) is 13.0 Å². The zero-order valence-electron chi connectivity index (χ0n) is 7.14. The van der Waals surface area contributed by atoms with Crippen LogP contribution in [0.25, 0.3) is 0 Å². The Morgan fingerprint density at radius 3 is 1.33 bits per heavy atom. The summed E-state index contributed by atoms with van der Waals surface area (Å²) in [5, 5.41) is 0. The fourth-order valence-electron chi connectivity index (χ4n) is 0. The summed E-state index contributed by atoms with van der Waals surface area (Å²) in [6, 6.07) is 0. The Balaban J connectivity index is -0.0000000720. The van der Waals surface area contributed by atoms with Crippen LogP contribution in [0.15, 0.2) is 0 Å². The fourth-order valence-corrected chi connectivity index (χ4v) is 0. The molecule has 0 atom stereocenters. The van der Waals surface area contributed by atoms with E-state index in [1.807, 2.05) is 6.92 Å². The number of hydrogen-bond donors (Lipinski definition) is 0. The first kappa shape index (κ1) is 16.6. The second-order valence-corrected chi connectivity index (χ2v) is 2.20. The van der Waals surface area contributed by atoms with Crippen molar-refractivity contribution in [3.63, 3.8) is 0 Å². The molecule has 0 aromatic heterocycles. The standard InChI is InChI=1S/C4H10.C3H7O.Y/c1-4(2)3;1-3-4-2;/h4H,1-3H3;3H,1-2H3;/q;-1;. The van der Waals surface area contributed by atoms with Crippen molar-refractivity contribution in [3.8, 4) is 0 Å². The van der Waals surface area contributed by atoms with Gasteiger partial charge in [0.15, 0.2) is 0 Å². The first-order chi connectivity index (χ1) is 3.65. The minimum atomic E-state index is 0. The largest absolute Gasteiger partial charge is 0.555 e. The van der Waals surface area contributed by atoms with Crippen molar-refractivity contribution in [3.05, 3.63) is 6.61 Å². The molecule has 0 aromatic rings. The summed E-state index contributed by atoms with van der Waals surface area (Å²) in [5.74, 6) is 0.833. The first-order valence-corrected chi connectivity index (χ1v) is 2.95. The van der Waals surface area contributed by atoms with E-state index in [4.69, 9.17) is 0 Å². The van der Waals surface area contributed by atoms with Crippen molar-refractivity contribution in [2.75, 3.05) is 7.11 Å². The third kappa shape index (κ3) is 106. The molecule has 0 amide bonds. The van der Waals surface area contributed by atoms with Gasteiger partial charge in [-0.1, -0.05) is 20.8 Å². The van der Waals surface area contributed by atoms with E-state index in [2.05, 4.69) is 25.5 Å². The van der Waals surface area contributed by atoms with Crippen LogP contribution in [0.4, 0.5) is 0 Å². The van der Waals surface area contributed by atoms with E-state index in [0.29, 0.717) is 0 Å². The third-order valence-electron chi connectivity index (χ3n) is 0.236. The Bertz CT molecular complexity index is 25.3. The summed E-state index contributed by atoms with van der Waals surface area (Å²) in [6.45, 7) is 9.96. The van der Waals surface area contributed by atoms with Crippen LogP contribution < -0.4 is 0 Å². The Hall–Kier alpha value is 1.06. The topological polar surface area (TPSA) is 9.23 Å². The van der Waals surface area contributed by atoms with Crippen molar-refractivity contribution in [1.29, 1.82) is 0 Å². The Morgan fingerprint density at radius 1 is 1.22 bits per heavy atom. The van der Waals surface area contributed by atoms with Crippen molar-refractivity contribution < 1.29 is 37.4 Å². The first-order valence-electron chi connectivity index (χ1n) is 2.95. The van der Waals surface area contributed by atoms with Gasteiger partial charge in [0.05, 0.1) is 0 Å². The number of rotatable bonds is 1. The van der Waals surface area contributed by atoms with Crippen molar-refractivity contribution >= 4 is 0 Å². The minimum absolute atomic E-state index is 0. The van der Waals surface area contributed by atoms with Crippen LogP contribution in [0.1, 0.15) is 27.7 Å². The molecule has 0 aromatic carbocycles. The van der Waals surface area contributed by atoms with Crippen LogP contribution >= 0.6 is 0 Å². The average molecular weight is 206 g/mol. The predicted molar refractivity (Wildman–Crippen MR) is 37.5 cm³/mol. The van der Waals surface area contributed by atoms with Crippen LogP contribution in [0.3, 0.4) is 0 Å². The summed E-state index contributed by atoms with van der Waals surface area (Å²) in [7, 11) is 1.62. The molecule has 55 valence electrons. The zero-order chi connectivity index (χ0) is 6.99. The molecule has 0 aliphatic heterocycles. The molecule has 1 radical (unpaired) electrons. The molecule has 0 rings (SSSR count). The van der Waals surface area contributed by atoms with Crippen molar-refractivity contribution in [1.82, 2.24) is 0 Å². The third-order valence-corrected chi connectivity index (χ3v) is 0.236. The van der Waals surface area contributed by atoms with Crippen molar-refractivity contribution in [2.24, 2.45) is 5.92 Å². The van der Waals surface area contributed by atoms with Gasteiger partial charge in [0, 0.05) is 32.7 Å². The molecule has 0 N–H and O–H groups in total. The van der Waals surface area contributed by atoms with Gasteiger partial charge in [0.1, 0.15) is 0 Å². The molecule has 1 nitrogen and oxygen atoms in total. The predicted octanol–water partition coefficient (Wildman–Crippen LogP) is 2.47. The van der Waals surface area contributed by atoms with E-state index in [9.17, 15) is 0 Å². The van der Waals surface area contributed by atoms with Crippen LogP contribution in [0, 0.1) is 12.5 Å². The molecule has 2 heteroatoms. The fraction of sp³-hybridized carbons (Fsp3) is 0.857. The van der Waals surface area contributed by atoms with E-state index >= 15 is 0 Å². The van der Waals surface area contributed by atoms with E-state index in [0.717, 1.165) is 5.92 Å². The molecule has 0 bridgehead atoms. The molecule has 0 aliphatic rings. The van der Waals surface area contributed by atoms with Crippen LogP contribution in [0.5, 0.6) is 0 Å². The summed E-state index contributed by atoms with van der Waals surface area (Å²) < 4.78 is 4.42. The number of methoxy groups -OCH3 is 1. The smallest absolute Gasteiger partial charge is 0 e. The SMILES string of the molecule is CC(C)C.C[CH-]OC.[Y]. The van der Waals surface area contributed by atoms with E-state index < -0.39 is 0 Å². The second kappa shape index (κ2) is 16.0. The van der Waals surface area contributed by atoms with Crippen LogP contribution in [-0.4, -0.2) is 7.11 Å². The van der Waals surface area contributed by atoms with Crippen molar-refractivity contribution in [2.45, 2.75) is 27.7 Å². The van der Waals surface area contributed by atoms with Gasteiger partial charge in [-0.15, -0.1) is 0 Å². The summed E-state index contributed by atoms with van der Waals surface area (Å²) in [5.41, 5.74) is 0. The molecule has 0 heterocycles. The minimum Gasteiger partial charge on any atom is -0.555 e. The maximum absolute atomic E-state index is 4.42. The Labute approximate surface area is 84.4 Å². The summed E-state index contributed by atoms with van der Waals surface area (Å²) in [6.07, 6.45) is 0. The molecule has 0 aliphatic carbocycles. The monoisotopic (exact) mass is 206 g/mol. The summed E-state index contributed by atoms with van der Waals surface area (Å²) in [4.78, 5) is 0. The van der Waals surface area contributed by atoms with Crippen LogP contribution in [0.2, 0.25) is 0 Å². The molecule has 0 fully saturated rings. The van der Waals surface area contributed by atoms with Gasteiger partial charge in [-0.3, -0.25) is 0 Å².